The predicted molar refractivity (Wildman–Crippen MR) is 98.5 cm³/mol. The Bertz CT molecular complexity index is 989. The van der Waals surface area contributed by atoms with Crippen LogP contribution in [0.15, 0.2) is 53.6 Å². The first kappa shape index (κ1) is 18.8. The molecule has 0 spiro atoms. The van der Waals surface area contributed by atoms with Gasteiger partial charge >= 0.3 is 6.18 Å². The molecule has 0 unspecified atom stereocenters. The van der Waals surface area contributed by atoms with Gasteiger partial charge in [-0.1, -0.05) is 12.1 Å². The third-order valence-corrected chi connectivity index (χ3v) is 3.90. The van der Waals surface area contributed by atoms with Crippen molar-refractivity contribution in [3.8, 4) is 17.1 Å². The molecule has 0 bridgehead atoms. The maximum atomic E-state index is 12.6. The molecule has 0 fully saturated rings. The van der Waals surface area contributed by atoms with Crippen molar-refractivity contribution in [1.82, 2.24) is 14.9 Å². The van der Waals surface area contributed by atoms with Gasteiger partial charge in [-0.3, -0.25) is 0 Å². The zero-order valence-electron chi connectivity index (χ0n) is 14.2. The minimum atomic E-state index is -4.37. The highest BCUT2D eigenvalue weighted by molar-refractivity contribution is 7.71. The largest absolute Gasteiger partial charge is 0.494 e. The Kier molecular flexibility index (Phi) is 5.41. The summed E-state index contributed by atoms with van der Waals surface area (Å²) in [5.74, 6) is 1.21. The average molecular weight is 392 g/mol. The highest BCUT2D eigenvalue weighted by Crippen LogP contribution is 2.29. The molecule has 5 nitrogen and oxygen atoms in total. The summed E-state index contributed by atoms with van der Waals surface area (Å²) in [6.45, 7) is 2.46. The second-order valence-electron chi connectivity index (χ2n) is 5.49. The van der Waals surface area contributed by atoms with E-state index in [-0.39, 0.29) is 4.77 Å². The first-order valence-electron chi connectivity index (χ1n) is 8.01. The maximum Gasteiger partial charge on any atom is 0.416 e. The summed E-state index contributed by atoms with van der Waals surface area (Å²) >= 11 is 5.18. The lowest BCUT2D eigenvalue weighted by Gasteiger charge is -2.06. The highest BCUT2D eigenvalue weighted by atomic mass is 32.1. The number of rotatable bonds is 5. The quantitative estimate of drug-likeness (QED) is 0.496. The number of nitrogens with one attached hydrogen (secondary N) is 1. The third-order valence-electron chi connectivity index (χ3n) is 3.63. The Morgan fingerprint density at radius 2 is 1.81 bits per heavy atom. The Morgan fingerprint density at radius 1 is 1.15 bits per heavy atom. The number of nitrogens with zero attached hydrogens (tertiary/aromatic N) is 3. The number of hydrogen-bond donors (Lipinski definition) is 1. The highest BCUT2D eigenvalue weighted by Gasteiger charge is 2.29. The number of halogens is 3. The van der Waals surface area contributed by atoms with Crippen molar-refractivity contribution in [3.05, 3.63) is 64.4 Å². The minimum Gasteiger partial charge on any atom is -0.494 e. The molecule has 0 aliphatic carbocycles. The molecule has 1 heterocycles. The lowest BCUT2D eigenvalue weighted by molar-refractivity contribution is -0.137. The van der Waals surface area contributed by atoms with Crippen molar-refractivity contribution in [2.75, 3.05) is 6.61 Å². The molecular weight excluding hydrogens is 377 g/mol. The summed E-state index contributed by atoms with van der Waals surface area (Å²) in [7, 11) is 0. The molecule has 9 heteroatoms. The summed E-state index contributed by atoms with van der Waals surface area (Å²) in [5.41, 5.74) is 0.550. The first-order chi connectivity index (χ1) is 12.9. The van der Waals surface area contributed by atoms with E-state index in [0.717, 1.165) is 23.4 Å². The van der Waals surface area contributed by atoms with Crippen LogP contribution >= 0.6 is 12.2 Å². The van der Waals surface area contributed by atoms with Gasteiger partial charge < -0.3 is 4.74 Å². The predicted octanol–water partition coefficient (Wildman–Crippen LogP) is 4.91. The molecule has 0 saturated heterocycles. The molecule has 0 radical (unpaired) electrons. The van der Waals surface area contributed by atoms with Gasteiger partial charge in [0.05, 0.1) is 18.4 Å². The van der Waals surface area contributed by atoms with Crippen molar-refractivity contribution >= 4 is 18.4 Å². The van der Waals surface area contributed by atoms with Gasteiger partial charge in [0.15, 0.2) is 5.82 Å². The third kappa shape index (κ3) is 4.43. The molecule has 0 amide bonds. The number of benzene rings is 2. The van der Waals surface area contributed by atoms with Crippen molar-refractivity contribution in [1.29, 1.82) is 0 Å². The second-order valence-corrected chi connectivity index (χ2v) is 5.87. The molecule has 1 aromatic heterocycles. The van der Waals surface area contributed by atoms with Crippen LogP contribution in [0.4, 0.5) is 13.2 Å². The van der Waals surface area contributed by atoms with E-state index in [1.54, 1.807) is 12.1 Å². The molecule has 2 aromatic carbocycles. The van der Waals surface area contributed by atoms with Crippen LogP contribution in [0.3, 0.4) is 0 Å². The molecule has 0 aliphatic heterocycles. The topological polar surface area (TPSA) is 55.2 Å². The summed E-state index contributed by atoms with van der Waals surface area (Å²) in [6, 6.07) is 11.9. The van der Waals surface area contributed by atoms with Crippen molar-refractivity contribution < 1.29 is 17.9 Å². The Morgan fingerprint density at radius 3 is 2.41 bits per heavy atom. The van der Waals surface area contributed by atoms with Gasteiger partial charge in [-0.2, -0.15) is 28.0 Å². The Labute approximate surface area is 158 Å². The molecule has 27 heavy (non-hydrogen) atoms. The molecule has 140 valence electrons. The summed E-state index contributed by atoms with van der Waals surface area (Å²) in [6.07, 6.45) is -2.95. The van der Waals surface area contributed by atoms with E-state index in [9.17, 15) is 13.2 Å². The first-order valence-corrected chi connectivity index (χ1v) is 8.41. The van der Waals surface area contributed by atoms with Crippen molar-refractivity contribution in [2.24, 2.45) is 5.10 Å². The Hall–Kier alpha value is -2.94. The SMILES string of the molecule is CCOc1ccc(-c2n[nH]c(=S)n2/N=C/c2ccc(C(F)(F)F)cc2)cc1. The number of alkyl halides is 3. The summed E-state index contributed by atoms with van der Waals surface area (Å²) in [4.78, 5) is 0. The molecule has 0 atom stereocenters. The van der Waals surface area contributed by atoms with Gasteiger partial charge in [0.1, 0.15) is 5.75 Å². The number of hydrogen-bond acceptors (Lipinski definition) is 4. The van der Waals surface area contributed by atoms with E-state index in [2.05, 4.69) is 15.3 Å². The summed E-state index contributed by atoms with van der Waals surface area (Å²) in [5, 5.41) is 11.1. The van der Waals surface area contributed by atoms with Gasteiger partial charge in [0.25, 0.3) is 0 Å². The fraction of sp³-hybridized carbons (Fsp3) is 0.167. The number of ether oxygens (including phenoxy) is 1. The fourth-order valence-electron chi connectivity index (χ4n) is 2.34. The van der Waals surface area contributed by atoms with Gasteiger partial charge in [-0.05, 0) is 61.1 Å². The van der Waals surface area contributed by atoms with E-state index in [1.807, 2.05) is 19.1 Å². The van der Waals surface area contributed by atoms with Crippen molar-refractivity contribution in [2.45, 2.75) is 13.1 Å². The van der Waals surface area contributed by atoms with Gasteiger partial charge in [-0.15, -0.1) is 0 Å². The van der Waals surface area contributed by atoms with E-state index in [4.69, 9.17) is 17.0 Å². The zero-order chi connectivity index (χ0) is 19.4. The molecule has 3 rings (SSSR count). The lowest BCUT2D eigenvalue weighted by Crippen LogP contribution is -2.04. The minimum absolute atomic E-state index is 0.266. The van der Waals surface area contributed by atoms with Crippen LogP contribution < -0.4 is 4.74 Å². The lowest BCUT2D eigenvalue weighted by atomic mass is 10.1. The molecule has 1 N–H and O–H groups in total. The number of H-pyrrole nitrogens is 1. The van der Waals surface area contributed by atoms with E-state index < -0.39 is 11.7 Å². The van der Waals surface area contributed by atoms with E-state index in [0.29, 0.717) is 18.0 Å². The average Bonchev–Trinajstić information content (AvgIpc) is 3.01. The van der Waals surface area contributed by atoms with Gasteiger partial charge in [-0.25, -0.2) is 5.10 Å². The van der Waals surface area contributed by atoms with Crippen molar-refractivity contribution in [3.63, 3.8) is 0 Å². The zero-order valence-corrected chi connectivity index (χ0v) is 15.0. The van der Waals surface area contributed by atoms with Crippen LogP contribution in [-0.2, 0) is 6.18 Å². The van der Waals surface area contributed by atoms with Gasteiger partial charge in [0.2, 0.25) is 4.77 Å². The smallest absolute Gasteiger partial charge is 0.416 e. The second kappa shape index (κ2) is 7.75. The number of aromatic amines is 1. The standard InChI is InChI=1S/C18H15F3N4OS/c1-2-26-15-9-5-13(6-10-15)16-23-24-17(27)25(16)22-11-12-3-7-14(8-4-12)18(19,20)21/h3-11H,2H2,1H3,(H,24,27)/b22-11+. The summed E-state index contributed by atoms with van der Waals surface area (Å²) < 4.78 is 45.0. The molecule has 0 saturated carbocycles. The van der Waals surface area contributed by atoms with Crippen LogP contribution in [0.25, 0.3) is 11.4 Å². The van der Waals surface area contributed by atoms with Crippen LogP contribution in [0, 0.1) is 4.77 Å². The monoisotopic (exact) mass is 392 g/mol. The van der Waals surface area contributed by atoms with Crippen LogP contribution in [0.5, 0.6) is 5.75 Å². The van der Waals surface area contributed by atoms with Crippen LogP contribution in [-0.4, -0.2) is 27.7 Å². The molecular formula is C18H15F3N4OS. The van der Waals surface area contributed by atoms with Crippen LogP contribution in [0.2, 0.25) is 0 Å². The van der Waals surface area contributed by atoms with E-state index in [1.165, 1.54) is 23.0 Å². The number of aromatic nitrogens is 3. The maximum absolute atomic E-state index is 12.6. The molecule has 3 aromatic rings. The van der Waals surface area contributed by atoms with Gasteiger partial charge in [0, 0.05) is 5.56 Å². The van der Waals surface area contributed by atoms with Crippen LogP contribution in [0.1, 0.15) is 18.1 Å². The Balaban J connectivity index is 1.86. The normalized spacial score (nSPS) is 11.9. The van der Waals surface area contributed by atoms with E-state index >= 15 is 0 Å². The fourth-order valence-corrected chi connectivity index (χ4v) is 2.51. The molecule has 0 aliphatic rings.